The molecule has 0 radical (unpaired) electrons. The molecule has 0 aliphatic carbocycles. The molecule has 6 nitrogen and oxygen atoms in total. The molecule has 3 N–H and O–H groups in total. The number of carboxylic acid groups (broad SMARTS) is 1. The Balaban J connectivity index is 2.59. The molecular formula is C8H10N2O4S. The van der Waals surface area contributed by atoms with Crippen molar-refractivity contribution in [1.29, 1.82) is 0 Å². The van der Waals surface area contributed by atoms with Crippen LogP contribution < -0.4 is 5.32 Å². The van der Waals surface area contributed by atoms with Crippen LogP contribution in [0.5, 0.6) is 0 Å². The quantitative estimate of drug-likeness (QED) is 0.645. The van der Waals surface area contributed by atoms with Crippen LogP contribution in [0.2, 0.25) is 0 Å². The van der Waals surface area contributed by atoms with Gasteiger partial charge in [0, 0.05) is 13.0 Å². The average molecular weight is 230 g/mol. The van der Waals surface area contributed by atoms with E-state index in [2.05, 4.69) is 10.3 Å². The third kappa shape index (κ3) is 3.30. The molecular weight excluding hydrogens is 220 g/mol. The van der Waals surface area contributed by atoms with E-state index in [1.807, 2.05) is 0 Å². The number of aromatic nitrogens is 1. The maximum absolute atomic E-state index is 11.4. The molecule has 0 bridgehead atoms. The number of carboxylic acids is 1. The Morgan fingerprint density at radius 2 is 2.33 bits per heavy atom. The number of thiazole rings is 1. The van der Waals surface area contributed by atoms with Crippen LogP contribution in [0.4, 0.5) is 0 Å². The van der Waals surface area contributed by atoms with E-state index in [9.17, 15) is 9.59 Å². The van der Waals surface area contributed by atoms with Crippen molar-refractivity contribution in [2.24, 2.45) is 0 Å². The van der Waals surface area contributed by atoms with Gasteiger partial charge in [-0.2, -0.15) is 0 Å². The smallest absolute Gasteiger partial charge is 0.326 e. The summed E-state index contributed by atoms with van der Waals surface area (Å²) < 4.78 is 0. The zero-order valence-corrected chi connectivity index (χ0v) is 8.53. The van der Waals surface area contributed by atoms with Gasteiger partial charge in [0.2, 0.25) is 0 Å². The summed E-state index contributed by atoms with van der Waals surface area (Å²) in [6.07, 6.45) is 1.34. The molecule has 0 aliphatic heterocycles. The summed E-state index contributed by atoms with van der Waals surface area (Å²) in [4.78, 5) is 26.1. The van der Waals surface area contributed by atoms with Crippen molar-refractivity contribution < 1.29 is 19.8 Å². The second-order valence-electron chi connectivity index (χ2n) is 2.74. The predicted molar refractivity (Wildman–Crippen MR) is 52.7 cm³/mol. The summed E-state index contributed by atoms with van der Waals surface area (Å²) >= 11 is 1.12. The predicted octanol–water partition coefficient (Wildman–Crippen LogP) is -0.291. The van der Waals surface area contributed by atoms with E-state index >= 15 is 0 Å². The van der Waals surface area contributed by atoms with Crippen molar-refractivity contribution in [1.82, 2.24) is 10.3 Å². The first-order chi connectivity index (χ1) is 7.15. The monoisotopic (exact) mass is 230 g/mol. The number of aliphatic hydroxyl groups excluding tert-OH is 1. The molecule has 0 spiro atoms. The van der Waals surface area contributed by atoms with E-state index in [0.29, 0.717) is 4.88 Å². The normalized spacial score (nSPS) is 12.1. The maximum atomic E-state index is 11.4. The number of carbonyl (C=O) groups excluding carboxylic acids is 1. The molecule has 0 aromatic carbocycles. The highest BCUT2D eigenvalue weighted by Gasteiger charge is 2.20. The van der Waals surface area contributed by atoms with E-state index < -0.39 is 17.9 Å². The molecule has 1 unspecified atom stereocenters. The third-order valence-corrected chi connectivity index (χ3v) is 2.45. The largest absolute Gasteiger partial charge is 0.480 e. The summed E-state index contributed by atoms with van der Waals surface area (Å²) in [6.45, 7) is -0.292. The van der Waals surface area contributed by atoms with Crippen LogP contribution in [0, 0.1) is 0 Å². The van der Waals surface area contributed by atoms with E-state index in [1.165, 1.54) is 11.7 Å². The molecule has 1 atom stereocenters. The minimum atomic E-state index is -1.16. The Hall–Kier alpha value is -1.47. The van der Waals surface area contributed by atoms with E-state index in [1.54, 1.807) is 0 Å². The lowest BCUT2D eigenvalue weighted by atomic mass is 10.2. The highest BCUT2D eigenvalue weighted by atomic mass is 32.1. The lowest BCUT2D eigenvalue weighted by Crippen LogP contribution is -2.41. The minimum Gasteiger partial charge on any atom is -0.480 e. The van der Waals surface area contributed by atoms with Gasteiger partial charge in [0.15, 0.2) is 0 Å². The van der Waals surface area contributed by atoms with Crippen LogP contribution in [0.1, 0.15) is 16.1 Å². The van der Waals surface area contributed by atoms with Crippen LogP contribution >= 0.6 is 11.3 Å². The number of carbonyl (C=O) groups is 2. The first kappa shape index (κ1) is 11.6. The highest BCUT2D eigenvalue weighted by Crippen LogP contribution is 2.05. The number of nitrogens with one attached hydrogen (secondary N) is 1. The van der Waals surface area contributed by atoms with Gasteiger partial charge in [-0.1, -0.05) is 0 Å². The van der Waals surface area contributed by atoms with Crippen LogP contribution in [0.3, 0.4) is 0 Å². The van der Waals surface area contributed by atoms with Gasteiger partial charge in [-0.05, 0) is 0 Å². The number of hydrogen-bond acceptors (Lipinski definition) is 5. The second-order valence-corrected chi connectivity index (χ2v) is 3.63. The molecule has 1 aromatic heterocycles. The number of nitrogens with zero attached hydrogens (tertiary/aromatic N) is 1. The molecule has 0 saturated heterocycles. The summed E-state index contributed by atoms with van der Waals surface area (Å²) in [7, 11) is 0. The van der Waals surface area contributed by atoms with Crippen molar-refractivity contribution in [2.75, 3.05) is 6.61 Å². The van der Waals surface area contributed by atoms with Gasteiger partial charge < -0.3 is 15.5 Å². The SMILES string of the molecule is O=C(NC(CCO)C(=O)O)c1cncs1. The average Bonchev–Trinajstić information content (AvgIpc) is 2.69. The Labute approximate surface area is 89.6 Å². The number of aliphatic carboxylic acids is 1. The van der Waals surface area contributed by atoms with Gasteiger partial charge in [-0.3, -0.25) is 9.78 Å². The van der Waals surface area contributed by atoms with Gasteiger partial charge in [-0.15, -0.1) is 11.3 Å². The Kier molecular flexibility index (Phi) is 4.19. The molecule has 0 saturated carbocycles. The van der Waals surface area contributed by atoms with Crippen molar-refractivity contribution in [3.63, 3.8) is 0 Å². The topological polar surface area (TPSA) is 99.5 Å². The van der Waals surface area contributed by atoms with Crippen LogP contribution in [0.25, 0.3) is 0 Å². The highest BCUT2D eigenvalue weighted by molar-refractivity contribution is 7.11. The summed E-state index contributed by atoms with van der Waals surface area (Å²) in [5, 5.41) is 19.6. The zero-order valence-electron chi connectivity index (χ0n) is 7.71. The van der Waals surface area contributed by atoms with Gasteiger partial charge in [0.25, 0.3) is 5.91 Å². The van der Waals surface area contributed by atoms with Crippen LogP contribution in [-0.4, -0.2) is 39.7 Å². The molecule has 15 heavy (non-hydrogen) atoms. The summed E-state index contributed by atoms with van der Waals surface area (Å²) in [5.41, 5.74) is 1.48. The van der Waals surface area contributed by atoms with Gasteiger partial charge >= 0.3 is 5.97 Å². The molecule has 0 fully saturated rings. The third-order valence-electron chi connectivity index (χ3n) is 1.68. The van der Waals surface area contributed by atoms with Gasteiger partial charge in [0.05, 0.1) is 11.7 Å². The van der Waals surface area contributed by atoms with E-state index in [-0.39, 0.29) is 13.0 Å². The molecule has 1 rings (SSSR count). The van der Waals surface area contributed by atoms with Crippen LogP contribution in [0.15, 0.2) is 11.7 Å². The molecule has 82 valence electrons. The van der Waals surface area contributed by atoms with Gasteiger partial charge in [-0.25, -0.2) is 4.79 Å². The standard InChI is InChI=1S/C8H10N2O4S/c11-2-1-5(8(13)14)10-7(12)6-3-9-4-15-6/h3-5,11H,1-2H2,(H,10,12)(H,13,14). The molecule has 0 aliphatic rings. The van der Waals surface area contributed by atoms with Crippen molar-refractivity contribution in [3.8, 4) is 0 Å². The molecule has 1 heterocycles. The minimum absolute atomic E-state index is 0.0140. The fraction of sp³-hybridized carbons (Fsp3) is 0.375. The zero-order chi connectivity index (χ0) is 11.3. The van der Waals surface area contributed by atoms with E-state index in [0.717, 1.165) is 11.3 Å². The number of aliphatic hydroxyl groups is 1. The lowest BCUT2D eigenvalue weighted by molar-refractivity contribution is -0.139. The molecule has 1 aromatic rings. The maximum Gasteiger partial charge on any atom is 0.326 e. The van der Waals surface area contributed by atoms with Crippen molar-refractivity contribution in [2.45, 2.75) is 12.5 Å². The number of amides is 1. The molecule has 7 heteroatoms. The fourth-order valence-corrected chi connectivity index (χ4v) is 1.47. The van der Waals surface area contributed by atoms with E-state index in [4.69, 9.17) is 10.2 Å². The number of hydrogen-bond donors (Lipinski definition) is 3. The molecule has 1 amide bonds. The van der Waals surface area contributed by atoms with Gasteiger partial charge in [0.1, 0.15) is 10.9 Å². The van der Waals surface area contributed by atoms with Crippen molar-refractivity contribution >= 4 is 23.2 Å². The lowest BCUT2D eigenvalue weighted by Gasteiger charge is -2.11. The summed E-state index contributed by atoms with van der Waals surface area (Å²) in [6, 6.07) is -1.07. The first-order valence-corrected chi connectivity index (χ1v) is 5.06. The van der Waals surface area contributed by atoms with Crippen molar-refractivity contribution in [3.05, 3.63) is 16.6 Å². The Bertz CT molecular complexity index is 338. The Morgan fingerprint density at radius 1 is 1.60 bits per heavy atom. The van der Waals surface area contributed by atoms with Crippen LogP contribution in [-0.2, 0) is 4.79 Å². The first-order valence-electron chi connectivity index (χ1n) is 4.18. The number of rotatable bonds is 5. The second kappa shape index (κ2) is 5.42. The fourth-order valence-electron chi connectivity index (χ4n) is 0.944. The summed E-state index contributed by atoms with van der Waals surface area (Å²) in [5.74, 6) is -1.65. The Morgan fingerprint density at radius 3 is 2.80 bits per heavy atom.